The number of nitrogens with one attached hydrogen (secondary N) is 2. The molecule has 1 aliphatic rings. The minimum atomic E-state index is -0.235. The maximum absolute atomic E-state index is 12.9. The Kier molecular flexibility index (Phi) is 8.24. The van der Waals surface area contributed by atoms with Crippen molar-refractivity contribution in [2.24, 2.45) is 11.8 Å². The Hall–Kier alpha value is -2.66. The molecule has 0 radical (unpaired) electrons. The fourth-order valence-corrected chi connectivity index (χ4v) is 5.12. The molecular weight excluding hydrogens is 410 g/mol. The molecule has 6 nitrogen and oxygen atoms in total. The standard InChI is InChI=1S/C24H27N3O3S/c1-16-12-18(14-30-2)20(13-25)24(26-16)31-15-22(28)27-21-11-7-6-10-19(21)23(29)17-8-4-3-5-9-17/h3-11,16,18,20,24,26H,12,14-15H2,1-2H3,(H,27,28). The van der Waals surface area contributed by atoms with Gasteiger partial charge in [0.05, 0.1) is 35.4 Å². The van der Waals surface area contributed by atoms with E-state index in [0.717, 1.165) is 6.42 Å². The second-order valence-electron chi connectivity index (χ2n) is 7.69. The third-order valence-corrected chi connectivity index (χ3v) is 6.56. The molecule has 1 amide bonds. The molecule has 4 atom stereocenters. The molecule has 162 valence electrons. The molecule has 7 heteroatoms. The van der Waals surface area contributed by atoms with Crippen LogP contribution in [-0.4, -0.2) is 42.6 Å². The molecule has 0 bridgehead atoms. The highest BCUT2D eigenvalue weighted by molar-refractivity contribution is 8.00. The SMILES string of the molecule is COCC1CC(C)NC(SCC(=O)Nc2ccccc2C(=O)c2ccccc2)C1C#N. The molecule has 0 spiro atoms. The Morgan fingerprint density at radius 3 is 2.61 bits per heavy atom. The molecule has 0 saturated carbocycles. The number of nitriles is 1. The number of ether oxygens (including phenoxy) is 1. The summed E-state index contributed by atoms with van der Waals surface area (Å²) in [6.07, 6.45) is 0.865. The number of benzene rings is 2. The number of piperidine rings is 1. The number of nitrogens with zero attached hydrogens (tertiary/aromatic N) is 1. The average Bonchev–Trinajstić information content (AvgIpc) is 2.78. The number of hydrogen-bond donors (Lipinski definition) is 2. The van der Waals surface area contributed by atoms with Crippen molar-refractivity contribution in [3.63, 3.8) is 0 Å². The minimum Gasteiger partial charge on any atom is -0.384 e. The second-order valence-corrected chi connectivity index (χ2v) is 8.82. The monoisotopic (exact) mass is 437 g/mol. The molecule has 1 heterocycles. The van der Waals surface area contributed by atoms with Gasteiger partial charge in [0.25, 0.3) is 0 Å². The van der Waals surface area contributed by atoms with E-state index in [9.17, 15) is 14.9 Å². The van der Waals surface area contributed by atoms with Crippen LogP contribution in [-0.2, 0) is 9.53 Å². The first-order valence-corrected chi connectivity index (χ1v) is 11.3. The summed E-state index contributed by atoms with van der Waals surface area (Å²) in [7, 11) is 1.64. The van der Waals surface area contributed by atoms with E-state index in [4.69, 9.17) is 4.74 Å². The Labute approximate surface area is 187 Å². The van der Waals surface area contributed by atoms with Crippen molar-refractivity contribution in [3.8, 4) is 6.07 Å². The number of anilines is 1. The Morgan fingerprint density at radius 1 is 1.19 bits per heavy atom. The number of carbonyl (C=O) groups excluding carboxylic acids is 2. The highest BCUT2D eigenvalue weighted by Crippen LogP contribution is 2.32. The molecule has 2 N–H and O–H groups in total. The lowest BCUT2D eigenvalue weighted by Gasteiger charge is -2.38. The van der Waals surface area contributed by atoms with Gasteiger partial charge in [-0.2, -0.15) is 5.26 Å². The molecular formula is C24H27N3O3S. The van der Waals surface area contributed by atoms with E-state index >= 15 is 0 Å². The van der Waals surface area contributed by atoms with Crippen LogP contribution >= 0.6 is 11.8 Å². The molecule has 1 aliphatic heterocycles. The van der Waals surface area contributed by atoms with Gasteiger partial charge in [0.1, 0.15) is 0 Å². The maximum Gasteiger partial charge on any atom is 0.234 e. The van der Waals surface area contributed by atoms with Gasteiger partial charge in [0, 0.05) is 30.2 Å². The summed E-state index contributed by atoms with van der Waals surface area (Å²) in [5.41, 5.74) is 1.51. The Morgan fingerprint density at radius 2 is 1.90 bits per heavy atom. The number of hydrogen-bond acceptors (Lipinski definition) is 6. The molecule has 31 heavy (non-hydrogen) atoms. The normalized spacial score (nSPS) is 23.0. The van der Waals surface area contributed by atoms with Gasteiger partial charge in [0.2, 0.25) is 5.91 Å². The Bertz CT molecular complexity index is 945. The zero-order valence-electron chi connectivity index (χ0n) is 17.7. The van der Waals surface area contributed by atoms with Gasteiger partial charge in [-0.25, -0.2) is 0 Å². The van der Waals surface area contributed by atoms with E-state index in [1.165, 1.54) is 11.8 Å². The van der Waals surface area contributed by atoms with Crippen molar-refractivity contribution in [2.45, 2.75) is 24.8 Å². The lowest BCUT2D eigenvalue weighted by molar-refractivity contribution is -0.113. The quantitative estimate of drug-likeness (QED) is 0.612. The van der Waals surface area contributed by atoms with Gasteiger partial charge in [-0.3, -0.25) is 9.59 Å². The first-order valence-electron chi connectivity index (χ1n) is 10.3. The van der Waals surface area contributed by atoms with Gasteiger partial charge in [-0.1, -0.05) is 42.5 Å². The molecule has 2 aromatic rings. The first kappa shape index (κ1) is 23.0. The molecule has 1 saturated heterocycles. The highest BCUT2D eigenvalue weighted by atomic mass is 32.2. The van der Waals surface area contributed by atoms with Crippen LogP contribution in [0.1, 0.15) is 29.3 Å². The van der Waals surface area contributed by atoms with Crippen LogP contribution in [0.3, 0.4) is 0 Å². The number of amides is 1. The van der Waals surface area contributed by atoms with Crippen LogP contribution in [0.2, 0.25) is 0 Å². The topological polar surface area (TPSA) is 91.2 Å². The number of para-hydroxylation sites is 1. The van der Waals surface area contributed by atoms with Crippen LogP contribution in [0.25, 0.3) is 0 Å². The zero-order valence-corrected chi connectivity index (χ0v) is 18.5. The zero-order chi connectivity index (χ0) is 22.2. The van der Waals surface area contributed by atoms with Crippen LogP contribution in [0.4, 0.5) is 5.69 Å². The summed E-state index contributed by atoms with van der Waals surface area (Å²) in [6.45, 7) is 2.61. The van der Waals surface area contributed by atoms with Crippen molar-refractivity contribution >= 4 is 29.1 Å². The van der Waals surface area contributed by atoms with Crippen LogP contribution in [0, 0.1) is 23.2 Å². The van der Waals surface area contributed by atoms with Crippen LogP contribution in [0.5, 0.6) is 0 Å². The molecule has 0 aliphatic carbocycles. The molecule has 0 aromatic heterocycles. The van der Waals surface area contributed by atoms with Crippen LogP contribution < -0.4 is 10.6 Å². The summed E-state index contributed by atoms with van der Waals surface area (Å²) in [5.74, 6) is -0.273. The van der Waals surface area contributed by atoms with Crippen molar-refractivity contribution in [1.82, 2.24) is 5.32 Å². The molecule has 3 rings (SSSR count). The van der Waals surface area contributed by atoms with Crippen molar-refractivity contribution in [3.05, 3.63) is 65.7 Å². The minimum absolute atomic E-state index is 0.135. The van der Waals surface area contributed by atoms with Crippen LogP contribution in [0.15, 0.2) is 54.6 Å². The highest BCUT2D eigenvalue weighted by Gasteiger charge is 2.36. The lowest BCUT2D eigenvalue weighted by Crippen LogP contribution is -2.49. The number of methoxy groups -OCH3 is 1. The van der Waals surface area contributed by atoms with E-state index in [2.05, 4.69) is 23.6 Å². The molecule has 4 unspecified atom stereocenters. The predicted octanol–water partition coefficient (Wildman–Crippen LogP) is 3.70. The van der Waals surface area contributed by atoms with Gasteiger partial charge >= 0.3 is 0 Å². The third-order valence-electron chi connectivity index (χ3n) is 5.34. The van der Waals surface area contributed by atoms with E-state index in [-0.39, 0.29) is 40.7 Å². The predicted molar refractivity (Wildman–Crippen MR) is 123 cm³/mol. The van der Waals surface area contributed by atoms with Crippen molar-refractivity contribution < 1.29 is 14.3 Å². The fourth-order valence-electron chi connectivity index (χ4n) is 3.90. The van der Waals surface area contributed by atoms with Gasteiger partial charge in [0.15, 0.2) is 5.78 Å². The lowest BCUT2D eigenvalue weighted by atomic mass is 9.84. The maximum atomic E-state index is 12.9. The average molecular weight is 438 g/mol. The fraction of sp³-hybridized carbons (Fsp3) is 0.375. The summed E-state index contributed by atoms with van der Waals surface area (Å²) < 4.78 is 5.29. The largest absolute Gasteiger partial charge is 0.384 e. The van der Waals surface area contributed by atoms with Crippen molar-refractivity contribution in [1.29, 1.82) is 5.26 Å². The number of carbonyl (C=O) groups is 2. The summed E-state index contributed by atoms with van der Waals surface area (Å²) in [5, 5.41) is 15.8. The second kappa shape index (κ2) is 11.1. The molecule has 1 fully saturated rings. The van der Waals surface area contributed by atoms with Gasteiger partial charge < -0.3 is 15.4 Å². The summed E-state index contributed by atoms with van der Waals surface area (Å²) in [4.78, 5) is 25.5. The Balaban J connectivity index is 1.65. The van der Waals surface area contributed by atoms with Gasteiger partial charge in [-0.15, -0.1) is 11.8 Å². The van der Waals surface area contributed by atoms with Gasteiger partial charge in [-0.05, 0) is 25.5 Å². The summed E-state index contributed by atoms with van der Waals surface area (Å²) >= 11 is 1.42. The summed E-state index contributed by atoms with van der Waals surface area (Å²) in [6, 6.07) is 18.6. The number of rotatable bonds is 8. The number of thioether (sulfide) groups is 1. The first-order chi connectivity index (χ1) is 15.0. The van der Waals surface area contributed by atoms with E-state index in [0.29, 0.717) is 23.4 Å². The molecule has 2 aromatic carbocycles. The van der Waals surface area contributed by atoms with E-state index < -0.39 is 0 Å². The van der Waals surface area contributed by atoms with E-state index in [1.807, 2.05) is 18.2 Å². The van der Waals surface area contributed by atoms with Crippen molar-refractivity contribution in [2.75, 3.05) is 24.8 Å². The number of ketones is 1. The van der Waals surface area contributed by atoms with E-state index in [1.54, 1.807) is 43.5 Å². The smallest absolute Gasteiger partial charge is 0.234 e. The third kappa shape index (κ3) is 5.95.